The van der Waals surface area contributed by atoms with Gasteiger partial charge in [0.05, 0.1) is 4.88 Å². The number of nitrogens with zero attached hydrogens (tertiary/aromatic N) is 2. The van der Waals surface area contributed by atoms with Gasteiger partial charge in [0.2, 0.25) is 0 Å². The first-order valence-corrected chi connectivity index (χ1v) is 10.3. The maximum atomic E-state index is 12.9. The lowest BCUT2D eigenvalue weighted by molar-refractivity contribution is -0.142. The Hall–Kier alpha value is -2.18. The summed E-state index contributed by atoms with van der Waals surface area (Å²) in [4.78, 5) is 31.0. The lowest BCUT2D eigenvalue weighted by atomic mass is 10.1. The minimum Gasteiger partial charge on any atom is -0.368 e. The zero-order valence-corrected chi connectivity index (χ0v) is 16.3. The van der Waals surface area contributed by atoms with E-state index < -0.39 is 0 Å². The van der Waals surface area contributed by atoms with Crippen LogP contribution in [0.3, 0.4) is 0 Å². The third-order valence-electron chi connectivity index (χ3n) is 5.25. The summed E-state index contributed by atoms with van der Waals surface area (Å²) in [5, 5.41) is 0. The highest BCUT2D eigenvalue weighted by Gasteiger charge is 2.31. The summed E-state index contributed by atoms with van der Waals surface area (Å²) >= 11 is 1.55. The normalized spacial score (nSPS) is 20.1. The van der Waals surface area contributed by atoms with E-state index in [0.29, 0.717) is 32.8 Å². The number of carbonyl (C=O) groups excluding carboxylic acids is 2. The van der Waals surface area contributed by atoms with Crippen LogP contribution in [0.2, 0.25) is 0 Å². The summed E-state index contributed by atoms with van der Waals surface area (Å²) in [6.45, 7) is 5.05. The number of aryl methyl sites for hydroxylation is 1. The Balaban J connectivity index is 1.40. The van der Waals surface area contributed by atoms with Crippen molar-refractivity contribution in [3.05, 3.63) is 46.8 Å². The van der Waals surface area contributed by atoms with E-state index in [0.717, 1.165) is 33.7 Å². The van der Waals surface area contributed by atoms with Crippen molar-refractivity contribution in [1.29, 1.82) is 0 Å². The molecule has 0 N–H and O–H groups in total. The van der Waals surface area contributed by atoms with Crippen LogP contribution in [0.15, 0.2) is 36.4 Å². The van der Waals surface area contributed by atoms with Gasteiger partial charge < -0.3 is 14.5 Å². The Morgan fingerprint density at radius 3 is 2.44 bits per heavy atom. The Morgan fingerprint density at radius 2 is 1.78 bits per heavy atom. The molecule has 3 heterocycles. The molecule has 4 rings (SSSR count). The maximum Gasteiger partial charge on any atom is 0.264 e. The molecule has 27 heavy (non-hydrogen) atoms. The van der Waals surface area contributed by atoms with Crippen LogP contribution in [-0.2, 0) is 9.53 Å². The number of amides is 2. The Morgan fingerprint density at radius 1 is 1.07 bits per heavy atom. The van der Waals surface area contributed by atoms with E-state index in [1.165, 1.54) is 0 Å². The van der Waals surface area contributed by atoms with Crippen molar-refractivity contribution >= 4 is 23.2 Å². The Labute approximate surface area is 163 Å². The van der Waals surface area contributed by atoms with Crippen molar-refractivity contribution < 1.29 is 14.3 Å². The van der Waals surface area contributed by atoms with Crippen LogP contribution in [0.4, 0.5) is 0 Å². The van der Waals surface area contributed by atoms with Gasteiger partial charge in [0, 0.05) is 37.7 Å². The van der Waals surface area contributed by atoms with Crippen LogP contribution < -0.4 is 0 Å². The molecule has 142 valence electrons. The first-order chi connectivity index (χ1) is 13.1. The van der Waals surface area contributed by atoms with Crippen LogP contribution in [0.1, 0.15) is 28.1 Å². The van der Waals surface area contributed by atoms with E-state index in [1.807, 2.05) is 41.0 Å². The largest absolute Gasteiger partial charge is 0.368 e. The number of carbonyl (C=O) groups is 2. The smallest absolute Gasteiger partial charge is 0.264 e. The fraction of sp³-hybridized carbons (Fsp3) is 0.429. The number of piperazine rings is 1. The first kappa shape index (κ1) is 18.2. The van der Waals surface area contributed by atoms with E-state index in [-0.39, 0.29) is 17.9 Å². The van der Waals surface area contributed by atoms with Crippen LogP contribution >= 0.6 is 11.3 Å². The summed E-state index contributed by atoms with van der Waals surface area (Å²) in [7, 11) is 0. The minimum atomic E-state index is -0.277. The molecule has 2 aromatic rings. The van der Waals surface area contributed by atoms with Gasteiger partial charge in [-0.25, -0.2) is 0 Å². The van der Waals surface area contributed by atoms with E-state index in [4.69, 9.17) is 4.74 Å². The van der Waals surface area contributed by atoms with E-state index >= 15 is 0 Å². The third-order valence-corrected chi connectivity index (χ3v) is 6.52. The molecule has 1 unspecified atom stereocenters. The zero-order chi connectivity index (χ0) is 18.8. The number of thiophene rings is 1. The molecule has 2 aliphatic rings. The predicted molar refractivity (Wildman–Crippen MR) is 106 cm³/mol. The minimum absolute atomic E-state index is 0.0643. The fourth-order valence-electron chi connectivity index (χ4n) is 3.73. The second kappa shape index (κ2) is 7.82. The van der Waals surface area contributed by atoms with Gasteiger partial charge in [-0.3, -0.25) is 9.59 Å². The Kier molecular flexibility index (Phi) is 5.27. The highest BCUT2D eigenvalue weighted by molar-refractivity contribution is 7.17. The van der Waals surface area contributed by atoms with Crippen molar-refractivity contribution in [2.24, 2.45) is 0 Å². The predicted octanol–water partition coefficient (Wildman–Crippen LogP) is 3.19. The van der Waals surface area contributed by atoms with Crippen molar-refractivity contribution in [2.75, 3.05) is 32.8 Å². The molecule has 0 spiro atoms. The van der Waals surface area contributed by atoms with Gasteiger partial charge in [0.25, 0.3) is 11.8 Å². The maximum absolute atomic E-state index is 12.9. The molecule has 0 bridgehead atoms. The highest BCUT2D eigenvalue weighted by atomic mass is 32.1. The molecular weight excluding hydrogens is 360 g/mol. The zero-order valence-electron chi connectivity index (χ0n) is 15.5. The van der Waals surface area contributed by atoms with Crippen LogP contribution in [-0.4, -0.2) is 60.5 Å². The summed E-state index contributed by atoms with van der Waals surface area (Å²) in [6, 6.07) is 12.2. The molecule has 2 aliphatic heterocycles. The van der Waals surface area contributed by atoms with Crippen molar-refractivity contribution in [1.82, 2.24) is 9.80 Å². The van der Waals surface area contributed by atoms with Gasteiger partial charge >= 0.3 is 0 Å². The number of ether oxygens (including phenoxy) is 1. The summed E-state index contributed by atoms with van der Waals surface area (Å²) < 4.78 is 5.50. The van der Waals surface area contributed by atoms with E-state index in [9.17, 15) is 9.59 Å². The molecule has 0 aliphatic carbocycles. The molecule has 2 amide bonds. The molecule has 6 heteroatoms. The van der Waals surface area contributed by atoms with Crippen molar-refractivity contribution in [2.45, 2.75) is 25.9 Å². The van der Waals surface area contributed by atoms with E-state index in [2.05, 4.69) is 12.1 Å². The molecule has 2 saturated heterocycles. The van der Waals surface area contributed by atoms with Gasteiger partial charge in [-0.05, 0) is 37.0 Å². The van der Waals surface area contributed by atoms with Gasteiger partial charge in [-0.1, -0.05) is 30.3 Å². The lowest BCUT2D eigenvalue weighted by Crippen LogP contribution is -2.52. The topological polar surface area (TPSA) is 49.9 Å². The molecule has 0 radical (unpaired) electrons. The highest BCUT2D eigenvalue weighted by Crippen LogP contribution is 2.33. The summed E-state index contributed by atoms with van der Waals surface area (Å²) in [5.74, 6) is 0.146. The van der Waals surface area contributed by atoms with Crippen molar-refractivity contribution in [3.63, 3.8) is 0 Å². The standard InChI is InChI=1S/C21H24N2O3S/c1-15-14-18(27-19(15)16-6-3-2-4-7-16)21(25)23-11-9-22(10-12-23)20(24)17-8-5-13-26-17/h2-4,6-7,14,17H,5,8-13H2,1H3. The lowest BCUT2D eigenvalue weighted by Gasteiger charge is -2.35. The number of rotatable bonds is 3. The summed E-state index contributed by atoms with van der Waals surface area (Å²) in [5.41, 5.74) is 2.27. The molecule has 1 aromatic heterocycles. The van der Waals surface area contributed by atoms with Crippen molar-refractivity contribution in [3.8, 4) is 10.4 Å². The summed E-state index contributed by atoms with van der Waals surface area (Å²) in [6.07, 6.45) is 1.49. The van der Waals surface area contributed by atoms with Crippen LogP contribution in [0, 0.1) is 6.92 Å². The van der Waals surface area contributed by atoms with Gasteiger partial charge in [0.15, 0.2) is 0 Å². The second-order valence-corrected chi connectivity index (χ2v) is 8.16. The molecular formula is C21H24N2O3S. The molecule has 1 aromatic carbocycles. The average Bonchev–Trinajstić information content (AvgIpc) is 3.38. The average molecular weight is 385 g/mol. The van der Waals surface area contributed by atoms with Gasteiger partial charge in [0.1, 0.15) is 6.10 Å². The van der Waals surface area contributed by atoms with E-state index in [1.54, 1.807) is 11.3 Å². The number of hydrogen-bond acceptors (Lipinski definition) is 4. The number of hydrogen-bond donors (Lipinski definition) is 0. The quantitative estimate of drug-likeness (QED) is 0.817. The van der Waals surface area contributed by atoms with Crippen LogP contribution in [0.5, 0.6) is 0 Å². The molecule has 0 saturated carbocycles. The Bertz CT molecular complexity index is 819. The van der Waals surface area contributed by atoms with Crippen LogP contribution in [0.25, 0.3) is 10.4 Å². The molecule has 2 fully saturated rings. The third kappa shape index (κ3) is 3.77. The SMILES string of the molecule is Cc1cc(C(=O)N2CCN(C(=O)C3CCCO3)CC2)sc1-c1ccccc1. The molecule has 5 nitrogen and oxygen atoms in total. The first-order valence-electron chi connectivity index (χ1n) is 9.49. The van der Waals surface area contributed by atoms with Gasteiger partial charge in [-0.2, -0.15) is 0 Å². The monoisotopic (exact) mass is 384 g/mol. The number of benzene rings is 1. The second-order valence-electron chi connectivity index (χ2n) is 7.11. The molecule has 1 atom stereocenters. The fourth-order valence-corrected chi connectivity index (χ4v) is 4.87. The van der Waals surface area contributed by atoms with Gasteiger partial charge in [-0.15, -0.1) is 11.3 Å².